The summed E-state index contributed by atoms with van der Waals surface area (Å²) >= 11 is 9.36. The molecule has 0 aliphatic heterocycles. The first kappa shape index (κ1) is 12.7. The largest absolute Gasteiger partial charge is 0.493 e. The Bertz CT molecular complexity index is 314. The number of rotatable bonds is 4. The summed E-state index contributed by atoms with van der Waals surface area (Å²) < 4.78 is 10.9. The zero-order valence-corrected chi connectivity index (χ0v) is 11.4. The van der Waals surface area contributed by atoms with Crippen molar-refractivity contribution in [3.63, 3.8) is 0 Å². The maximum atomic E-state index is 5.96. The van der Waals surface area contributed by atoms with Crippen molar-refractivity contribution in [1.29, 1.82) is 0 Å². The lowest BCUT2D eigenvalue weighted by molar-refractivity contribution is 0.228. The summed E-state index contributed by atoms with van der Waals surface area (Å²) in [7, 11) is 1.61. The van der Waals surface area contributed by atoms with Crippen molar-refractivity contribution in [2.75, 3.05) is 7.11 Å². The smallest absolute Gasteiger partial charge is 0.165 e. The molecule has 1 aromatic rings. The van der Waals surface area contributed by atoms with Crippen LogP contribution in [0.15, 0.2) is 12.1 Å². The van der Waals surface area contributed by atoms with E-state index < -0.39 is 0 Å². The SMILES string of the molecule is COc1cc(Cl)cc(CBr)c1OC(C)C. The highest BCUT2D eigenvalue weighted by Crippen LogP contribution is 2.36. The molecule has 0 N–H and O–H groups in total. The minimum atomic E-state index is 0.109. The van der Waals surface area contributed by atoms with Crippen LogP contribution < -0.4 is 9.47 Å². The van der Waals surface area contributed by atoms with E-state index >= 15 is 0 Å². The molecule has 0 saturated heterocycles. The minimum Gasteiger partial charge on any atom is -0.493 e. The van der Waals surface area contributed by atoms with E-state index in [9.17, 15) is 0 Å². The molecule has 0 heterocycles. The number of methoxy groups -OCH3 is 1. The van der Waals surface area contributed by atoms with Crippen LogP contribution in [-0.4, -0.2) is 13.2 Å². The summed E-state index contributed by atoms with van der Waals surface area (Å²) in [6.45, 7) is 3.96. The first-order valence-corrected chi connectivity index (χ1v) is 6.17. The molecule has 4 heteroatoms. The van der Waals surface area contributed by atoms with Gasteiger partial charge >= 0.3 is 0 Å². The van der Waals surface area contributed by atoms with Gasteiger partial charge in [-0.05, 0) is 19.9 Å². The molecule has 0 spiro atoms. The van der Waals surface area contributed by atoms with Gasteiger partial charge in [-0.2, -0.15) is 0 Å². The predicted octanol–water partition coefficient (Wildman–Crippen LogP) is 4.03. The maximum absolute atomic E-state index is 5.96. The average molecular weight is 294 g/mol. The highest BCUT2D eigenvalue weighted by molar-refractivity contribution is 9.08. The molecule has 2 nitrogen and oxygen atoms in total. The van der Waals surface area contributed by atoms with E-state index in [0.717, 1.165) is 11.3 Å². The minimum absolute atomic E-state index is 0.109. The van der Waals surface area contributed by atoms with Crippen molar-refractivity contribution in [1.82, 2.24) is 0 Å². The van der Waals surface area contributed by atoms with Gasteiger partial charge in [-0.15, -0.1) is 0 Å². The van der Waals surface area contributed by atoms with Crippen molar-refractivity contribution in [3.8, 4) is 11.5 Å². The van der Waals surface area contributed by atoms with Crippen molar-refractivity contribution in [2.24, 2.45) is 0 Å². The van der Waals surface area contributed by atoms with Gasteiger partial charge in [0.2, 0.25) is 0 Å². The predicted molar refractivity (Wildman–Crippen MR) is 66.4 cm³/mol. The second kappa shape index (κ2) is 5.61. The van der Waals surface area contributed by atoms with Crippen molar-refractivity contribution >= 4 is 27.5 Å². The Morgan fingerprint density at radius 2 is 2.07 bits per heavy atom. The molecule has 0 aliphatic rings. The fraction of sp³-hybridized carbons (Fsp3) is 0.455. The Morgan fingerprint density at radius 3 is 2.53 bits per heavy atom. The molecule has 0 bridgehead atoms. The fourth-order valence-electron chi connectivity index (χ4n) is 1.24. The van der Waals surface area contributed by atoms with E-state index in [1.165, 1.54) is 0 Å². The summed E-state index contributed by atoms with van der Waals surface area (Å²) in [5.74, 6) is 1.43. The first-order chi connectivity index (χ1) is 7.08. The zero-order chi connectivity index (χ0) is 11.4. The molecule has 15 heavy (non-hydrogen) atoms. The van der Waals surface area contributed by atoms with Crippen molar-refractivity contribution < 1.29 is 9.47 Å². The number of hydrogen-bond donors (Lipinski definition) is 0. The van der Waals surface area contributed by atoms with Crippen LogP contribution in [-0.2, 0) is 5.33 Å². The molecule has 84 valence electrons. The summed E-state index contributed by atoms with van der Waals surface area (Å²) in [6, 6.07) is 3.63. The standard InChI is InChI=1S/C11H14BrClO2/c1-7(2)15-11-8(6-12)4-9(13)5-10(11)14-3/h4-5,7H,6H2,1-3H3. The van der Waals surface area contributed by atoms with E-state index in [0.29, 0.717) is 16.1 Å². The van der Waals surface area contributed by atoms with Crippen LogP contribution in [0.3, 0.4) is 0 Å². The highest BCUT2D eigenvalue weighted by Gasteiger charge is 2.13. The second-order valence-electron chi connectivity index (χ2n) is 3.40. The van der Waals surface area contributed by atoms with Crippen LogP contribution in [0.25, 0.3) is 0 Å². The molecule has 1 rings (SSSR count). The zero-order valence-electron chi connectivity index (χ0n) is 9.01. The molecular weight excluding hydrogens is 279 g/mol. The van der Waals surface area contributed by atoms with Crippen LogP contribution in [0.4, 0.5) is 0 Å². The van der Waals surface area contributed by atoms with Gasteiger partial charge in [-0.25, -0.2) is 0 Å². The molecule has 0 fully saturated rings. The molecule has 0 radical (unpaired) electrons. The number of hydrogen-bond acceptors (Lipinski definition) is 2. The van der Waals surface area contributed by atoms with Gasteiger partial charge in [0.15, 0.2) is 11.5 Å². The van der Waals surface area contributed by atoms with Crippen LogP contribution >= 0.6 is 27.5 Å². The molecule has 1 aromatic carbocycles. The lowest BCUT2D eigenvalue weighted by atomic mass is 10.2. The number of benzene rings is 1. The van der Waals surface area contributed by atoms with E-state index in [1.54, 1.807) is 13.2 Å². The van der Waals surface area contributed by atoms with Gasteiger partial charge < -0.3 is 9.47 Å². The Balaban J connectivity index is 3.18. The van der Waals surface area contributed by atoms with Gasteiger partial charge in [0.25, 0.3) is 0 Å². The van der Waals surface area contributed by atoms with E-state index in [-0.39, 0.29) is 6.10 Å². The Labute approximate surface area is 104 Å². The third kappa shape index (κ3) is 3.28. The van der Waals surface area contributed by atoms with Crippen molar-refractivity contribution in [2.45, 2.75) is 25.3 Å². The number of halogens is 2. The second-order valence-corrected chi connectivity index (χ2v) is 4.39. The lowest BCUT2D eigenvalue weighted by Crippen LogP contribution is -2.08. The summed E-state index contributed by atoms with van der Waals surface area (Å²) in [4.78, 5) is 0. The maximum Gasteiger partial charge on any atom is 0.165 e. The highest BCUT2D eigenvalue weighted by atomic mass is 79.9. The van der Waals surface area contributed by atoms with Gasteiger partial charge in [0.05, 0.1) is 13.2 Å². The quantitative estimate of drug-likeness (QED) is 0.780. The molecular formula is C11H14BrClO2. The Kier molecular flexibility index (Phi) is 4.74. The van der Waals surface area contributed by atoms with Crippen LogP contribution in [0.2, 0.25) is 5.02 Å². The lowest BCUT2D eigenvalue weighted by Gasteiger charge is -2.16. The number of alkyl halides is 1. The monoisotopic (exact) mass is 292 g/mol. The van der Waals surface area contributed by atoms with Crippen LogP contribution in [0, 0.1) is 0 Å². The summed E-state index contributed by atoms with van der Waals surface area (Å²) in [5.41, 5.74) is 0.994. The molecule has 0 aromatic heterocycles. The topological polar surface area (TPSA) is 18.5 Å². The van der Waals surface area contributed by atoms with E-state index in [4.69, 9.17) is 21.1 Å². The summed E-state index contributed by atoms with van der Waals surface area (Å²) in [5, 5.41) is 1.34. The first-order valence-electron chi connectivity index (χ1n) is 4.67. The van der Waals surface area contributed by atoms with Gasteiger partial charge in [0, 0.05) is 22.0 Å². The molecule has 0 saturated carbocycles. The average Bonchev–Trinajstić information content (AvgIpc) is 2.19. The van der Waals surface area contributed by atoms with Crippen LogP contribution in [0.5, 0.6) is 11.5 Å². The fourth-order valence-corrected chi connectivity index (χ4v) is 1.89. The number of ether oxygens (including phenoxy) is 2. The third-order valence-electron chi connectivity index (χ3n) is 1.81. The van der Waals surface area contributed by atoms with E-state index in [1.807, 2.05) is 19.9 Å². The molecule has 0 aliphatic carbocycles. The van der Waals surface area contributed by atoms with Crippen molar-refractivity contribution in [3.05, 3.63) is 22.7 Å². The van der Waals surface area contributed by atoms with Gasteiger partial charge in [-0.1, -0.05) is 27.5 Å². The molecule has 0 atom stereocenters. The Morgan fingerprint density at radius 1 is 1.40 bits per heavy atom. The summed E-state index contributed by atoms with van der Waals surface area (Å²) in [6.07, 6.45) is 0.109. The molecule has 0 amide bonds. The van der Waals surface area contributed by atoms with Gasteiger partial charge in [0.1, 0.15) is 0 Å². The molecule has 0 unspecified atom stereocenters. The van der Waals surface area contributed by atoms with E-state index in [2.05, 4.69) is 15.9 Å². The van der Waals surface area contributed by atoms with Crippen LogP contribution in [0.1, 0.15) is 19.4 Å². The normalized spacial score (nSPS) is 10.5. The van der Waals surface area contributed by atoms with Gasteiger partial charge in [-0.3, -0.25) is 0 Å². The third-order valence-corrected chi connectivity index (χ3v) is 2.64. The Hall–Kier alpha value is -0.410.